The summed E-state index contributed by atoms with van der Waals surface area (Å²) < 4.78 is 0. The van der Waals surface area contributed by atoms with Crippen LogP contribution in [0.1, 0.15) is 38.5 Å². The van der Waals surface area contributed by atoms with Crippen molar-refractivity contribution in [3.05, 3.63) is 18.6 Å². The Hall–Kier alpha value is -2.11. The van der Waals surface area contributed by atoms with Gasteiger partial charge in [-0.1, -0.05) is 32.1 Å². The minimum atomic E-state index is -0.111. The van der Waals surface area contributed by atoms with Crippen LogP contribution in [0.3, 0.4) is 0 Å². The number of anilines is 1. The zero-order chi connectivity index (χ0) is 15.6. The number of amides is 1. The normalized spacial score (nSPS) is 23.2. The van der Waals surface area contributed by atoms with Crippen LogP contribution in [0, 0.1) is 5.92 Å². The van der Waals surface area contributed by atoms with E-state index in [0.717, 1.165) is 29.8 Å². The molecule has 6 nitrogen and oxygen atoms in total. The van der Waals surface area contributed by atoms with Gasteiger partial charge in [0, 0.05) is 19.3 Å². The summed E-state index contributed by atoms with van der Waals surface area (Å²) in [5.74, 6) is 1.68. The van der Waals surface area contributed by atoms with E-state index in [-0.39, 0.29) is 11.9 Å². The molecule has 2 N–H and O–H groups in total. The first-order valence-corrected chi connectivity index (χ1v) is 8.65. The quantitative estimate of drug-likeness (QED) is 0.911. The Labute approximate surface area is 135 Å². The maximum atomic E-state index is 12.5. The lowest BCUT2D eigenvalue weighted by Crippen LogP contribution is -2.56. The summed E-state index contributed by atoms with van der Waals surface area (Å²) in [7, 11) is 0. The van der Waals surface area contributed by atoms with Crippen LogP contribution in [0.5, 0.6) is 0 Å². The number of hydrogen-bond donors (Lipinski definition) is 2. The SMILES string of the molecule is O=C1NCCN(c2ncnc3[nH]ccc23)C1CC1CCCCC1. The summed E-state index contributed by atoms with van der Waals surface area (Å²) in [5.41, 5.74) is 0.831. The van der Waals surface area contributed by atoms with Crippen molar-refractivity contribution in [1.82, 2.24) is 20.3 Å². The Bertz CT molecular complexity index is 691. The summed E-state index contributed by atoms with van der Waals surface area (Å²) >= 11 is 0. The molecule has 1 saturated carbocycles. The monoisotopic (exact) mass is 313 g/mol. The summed E-state index contributed by atoms with van der Waals surface area (Å²) in [6, 6.07) is 1.88. The maximum Gasteiger partial charge on any atom is 0.242 e. The number of nitrogens with one attached hydrogen (secondary N) is 2. The van der Waals surface area contributed by atoms with E-state index in [9.17, 15) is 4.79 Å². The number of fused-ring (bicyclic) bond motifs is 1. The molecule has 0 spiro atoms. The molecule has 122 valence electrons. The van der Waals surface area contributed by atoms with Crippen molar-refractivity contribution < 1.29 is 4.79 Å². The van der Waals surface area contributed by atoms with Gasteiger partial charge in [0.25, 0.3) is 0 Å². The number of carbonyl (C=O) groups is 1. The summed E-state index contributed by atoms with van der Waals surface area (Å²) in [6.45, 7) is 1.48. The second-order valence-corrected chi connectivity index (χ2v) is 6.68. The van der Waals surface area contributed by atoms with Crippen LogP contribution in [0.4, 0.5) is 5.82 Å². The second-order valence-electron chi connectivity index (χ2n) is 6.68. The highest BCUT2D eigenvalue weighted by molar-refractivity contribution is 5.92. The molecule has 1 aliphatic carbocycles. The maximum absolute atomic E-state index is 12.5. The molecule has 2 aromatic rings. The van der Waals surface area contributed by atoms with Crippen LogP contribution in [-0.4, -0.2) is 40.0 Å². The molecule has 2 aromatic heterocycles. The minimum Gasteiger partial charge on any atom is -0.353 e. The highest BCUT2D eigenvalue weighted by atomic mass is 16.2. The third-order valence-corrected chi connectivity index (χ3v) is 5.22. The molecule has 0 radical (unpaired) electrons. The Morgan fingerprint density at radius 3 is 2.96 bits per heavy atom. The molecule has 3 heterocycles. The van der Waals surface area contributed by atoms with Crippen molar-refractivity contribution in [3.8, 4) is 0 Å². The molecule has 1 unspecified atom stereocenters. The number of piperazine rings is 1. The standard InChI is InChI=1S/C17H23N5O/c23-17-14(10-12-4-2-1-3-5-12)22(9-8-19-17)16-13-6-7-18-15(13)20-11-21-16/h6-7,11-12,14H,1-5,8-10H2,(H,19,23)(H,18,20,21). The molecular weight excluding hydrogens is 290 g/mol. The van der Waals surface area contributed by atoms with E-state index in [1.807, 2.05) is 12.3 Å². The lowest BCUT2D eigenvalue weighted by atomic mass is 9.84. The molecular formula is C17H23N5O. The minimum absolute atomic E-state index is 0.111. The third kappa shape index (κ3) is 2.78. The topological polar surface area (TPSA) is 73.9 Å². The molecule has 1 atom stereocenters. The number of carbonyl (C=O) groups excluding carboxylic acids is 1. The molecule has 1 amide bonds. The fourth-order valence-corrected chi connectivity index (χ4v) is 4.03. The Morgan fingerprint density at radius 2 is 2.09 bits per heavy atom. The highest BCUT2D eigenvalue weighted by Gasteiger charge is 2.34. The van der Waals surface area contributed by atoms with Crippen molar-refractivity contribution >= 4 is 22.8 Å². The highest BCUT2D eigenvalue weighted by Crippen LogP contribution is 2.32. The first kappa shape index (κ1) is 14.5. The molecule has 0 aromatic carbocycles. The van der Waals surface area contributed by atoms with E-state index in [0.29, 0.717) is 12.5 Å². The van der Waals surface area contributed by atoms with Crippen LogP contribution < -0.4 is 10.2 Å². The molecule has 2 fully saturated rings. The smallest absolute Gasteiger partial charge is 0.242 e. The van der Waals surface area contributed by atoms with E-state index in [4.69, 9.17) is 0 Å². The molecule has 1 aliphatic heterocycles. The largest absolute Gasteiger partial charge is 0.353 e. The van der Waals surface area contributed by atoms with Crippen molar-refractivity contribution in [3.63, 3.8) is 0 Å². The van der Waals surface area contributed by atoms with Crippen molar-refractivity contribution in [2.45, 2.75) is 44.6 Å². The van der Waals surface area contributed by atoms with E-state index in [1.54, 1.807) is 6.33 Å². The van der Waals surface area contributed by atoms with Crippen LogP contribution in [0.2, 0.25) is 0 Å². The second kappa shape index (κ2) is 6.18. The number of H-pyrrole nitrogens is 1. The molecule has 2 aliphatic rings. The van der Waals surface area contributed by atoms with Crippen LogP contribution >= 0.6 is 0 Å². The Kier molecular flexibility index (Phi) is 3.89. The first-order valence-electron chi connectivity index (χ1n) is 8.65. The average molecular weight is 313 g/mol. The van der Waals surface area contributed by atoms with Crippen LogP contribution in [-0.2, 0) is 4.79 Å². The summed E-state index contributed by atoms with van der Waals surface area (Å²) in [6.07, 6.45) is 10.8. The average Bonchev–Trinajstić information content (AvgIpc) is 3.06. The van der Waals surface area contributed by atoms with Gasteiger partial charge in [0.1, 0.15) is 23.8 Å². The van der Waals surface area contributed by atoms with Gasteiger partial charge in [-0.05, 0) is 18.4 Å². The Morgan fingerprint density at radius 1 is 1.22 bits per heavy atom. The fraction of sp³-hybridized carbons (Fsp3) is 0.588. The molecule has 6 heteroatoms. The third-order valence-electron chi connectivity index (χ3n) is 5.22. The number of rotatable bonds is 3. The predicted octanol–water partition coefficient (Wildman–Crippen LogP) is 2.23. The van der Waals surface area contributed by atoms with Gasteiger partial charge in [0.2, 0.25) is 5.91 Å². The summed E-state index contributed by atoms with van der Waals surface area (Å²) in [4.78, 5) is 26.6. The van der Waals surface area contributed by atoms with Crippen molar-refractivity contribution in [2.24, 2.45) is 5.92 Å². The lowest BCUT2D eigenvalue weighted by Gasteiger charge is -2.38. The van der Waals surface area contributed by atoms with Crippen LogP contribution in [0.25, 0.3) is 11.0 Å². The molecule has 4 rings (SSSR count). The molecule has 0 bridgehead atoms. The van der Waals surface area contributed by atoms with Gasteiger partial charge in [0.05, 0.1) is 5.39 Å². The van der Waals surface area contributed by atoms with Crippen molar-refractivity contribution in [1.29, 1.82) is 0 Å². The predicted molar refractivity (Wildman–Crippen MR) is 89.2 cm³/mol. The van der Waals surface area contributed by atoms with Gasteiger partial charge < -0.3 is 15.2 Å². The van der Waals surface area contributed by atoms with Crippen LogP contribution in [0.15, 0.2) is 18.6 Å². The van der Waals surface area contributed by atoms with Crippen molar-refractivity contribution in [2.75, 3.05) is 18.0 Å². The molecule has 1 saturated heterocycles. The van der Waals surface area contributed by atoms with E-state index < -0.39 is 0 Å². The van der Waals surface area contributed by atoms with Gasteiger partial charge in [-0.3, -0.25) is 4.79 Å². The van der Waals surface area contributed by atoms with E-state index in [2.05, 4.69) is 25.2 Å². The number of hydrogen-bond acceptors (Lipinski definition) is 4. The molecule has 23 heavy (non-hydrogen) atoms. The zero-order valence-electron chi connectivity index (χ0n) is 13.3. The van der Waals surface area contributed by atoms with Gasteiger partial charge in [-0.25, -0.2) is 9.97 Å². The van der Waals surface area contributed by atoms with Gasteiger partial charge in [-0.2, -0.15) is 0 Å². The van der Waals surface area contributed by atoms with Gasteiger partial charge in [-0.15, -0.1) is 0 Å². The zero-order valence-corrected chi connectivity index (χ0v) is 13.3. The number of aromatic amines is 1. The fourth-order valence-electron chi connectivity index (χ4n) is 4.03. The first-order chi connectivity index (χ1) is 11.3. The van der Waals surface area contributed by atoms with Gasteiger partial charge >= 0.3 is 0 Å². The van der Waals surface area contributed by atoms with E-state index in [1.165, 1.54) is 32.1 Å². The number of aromatic nitrogens is 3. The number of nitrogens with zero attached hydrogens (tertiary/aromatic N) is 3. The van der Waals surface area contributed by atoms with Gasteiger partial charge in [0.15, 0.2) is 0 Å². The lowest BCUT2D eigenvalue weighted by molar-refractivity contribution is -0.123. The summed E-state index contributed by atoms with van der Waals surface area (Å²) in [5, 5.41) is 4.03. The van der Waals surface area contributed by atoms with E-state index >= 15 is 0 Å². The Balaban J connectivity index is 1.64.